The van der Waals surface area contributed by atoms with Crippen molar-refractivity contribution >= 4 is 17.5 Å². The van der Waals surface area contributed by atoms with Crippen LogP contribution in [0, 0.1) is 5.41 Å². The van der Waals surface area contributed by atoms with Crippen molar-refractivity contribution in [2.45, 2.75) is 53.9 Å². The fourth-order valence-electron chi connectivity index (χ4n) is 3.76. The summed E-state index contributed by atoms with van der Waals surface area (Å²) in [7, 11) is 0. The molecule has 0 fully saturated rings. The van der Waals surface area contributed by atoms with Crippen LogP contribution in [0.5, 0.6) is 0 Å². The third-order valence-corrected chi connectivity index (χ3v) is 5.25. The minimum absolute atomic E-state index is 0.0306. The molecule has 0 saturated heterocycles. The molecular formula is C28H35N3O3. The van der Waals surface area contributed by atoms with Crippen molar-refractivity contribution in [2.24, 2.45) is 5.41 Å². The Morgan fingerprint density at radius 2 is 1.53 bits per heavy atom. The van der Waals surface area contributed by atoms with Gasteiger partial charge in [-0.15, -0.1) is 0 Å². The number of carbonyl (C=O) groups is 2. The van der Waals surface area contributed by atoms with Crippen LogP contribution >= 0.6 is 0 Å². The monoisotopic (exact) mass is 461 g/mol. The minimum Gasteiger partial charge on any atom is -0.435 e. The Morgan fingerprint density at radius 3 is 2.09 bits per heavy atom. The van der Waals surface area contributed by atoms with Gasteiger partial charge in [0.25, 0.3) is 5.91 Å². The van der Waals surface area contributed by atoms with Crippen LogP contribution in [0.1, 0.15) is 64.4 Å². The number of hydrogen-bond donors (Lipinski definition) is 1. The lowest BCUT2D eigenvalue weighted by molar-refractivity contribution is -0.117. The topological polar surface area (TPSA) is 75.4 Å². The van der Waals surface area contributed by atoms with E-state index in [1.807, 2.05) is 80.3 Å². The lowest BCUT2D eigenvalue weighted by atomic mass is 9.92. The summed E-state index contributed by atoms with van der Waals surface area (Å²) in [6.45, 7) is 11.5. The second kappa shape index (κ2) is 11.1. The highest BCUT2D eigenvalue weighted by Gasteiger charge is 2.26. The van der Waals surface area contributed by atoms with Gasteiger partial charge < -0.3 is 14.6 Å². The second-order valence-corrected chi connectivity index (χ2v) is 9.72. The van der Waals surface area contributed by atoms with E-state index in [-0.39, 0.29) is 17.2 Å². The number of benzene rings is 2. The minimum atomic E-state index is -0.132. The molecular weight excluding hydrogens is 426 g/mol. The predicted molar refractivity (Wildman–Crippen MR) is 137 cm³/mol. The van der Waals surface area contributed by atoms with Crippen LogP contribution in [0.3, 0.4) is 0 Å². The highest BCUT2D eigenvalue weighted by atomic mass is 16.4. The van der Waals surface area contributed by atoms with Crippen LogP contribution in [-0.2, 0) is 4.79 Å². The molecule has 0 spiro atoms. The molecule has 0 unspecified atom stereocenters. The Kier molecular flexibility index (Phi) is 8.26. The molecule has 2 aromatic carbocycles. The molecule has 1 N–H and O–H groups in total. The van der Waals surface area contributed by atoms with E-state index in [2.05, 4.69) is 24.1 Å². The normalized spacial score (nSPS) is 11.3. The van der Waals surface area contributed by atoms with Crippen molar-refractivity contribution < 1.29 is 14.0 Å². The summed E-state index contributed by atoms with van der Waals surface area (Å²) in [5, 5.41) is 2.94. The van der Waals surface area contributed by atoms with Gasteiger partial charge in [-0.1, -0.05) is 52.8 Å². The molecule has 2 amide bonds. The third kappa shape index (κ3) is 6.56. The van der Waals surface area contributed by atoms with Crippen LogP contribution in [0.15, 0.2) is 59.0 Å². The summed E-state index contributed by atoms with van der Waals surface area (Å²) in [6, 6.07) is 16.9. The van der Waals surface area contributed by atoms with Gasteiger partial charge in [0.15, 0.2) is 11.5 Å². The molecule has 1 heterocycles. The van der Waals surface area contributed by atoms with E-state index in [1.54, 1.807) is 0 Å². The first kappa shape index (κ1) is 25.2. The summed E-state index contributed by atoms with van der Waals surface area (Å²) in [6.07, 6.45) is 2.17. The van der Waals surface area contributed by atoms with Crippen LogP contribution in [-0.4, -0.2) is 34.8 Å². The summed E-state index contributed by atoms with van der Waals surface area (Å²) in [4.78, 5) is 32.2. The highest BCUT2D eigenvalue weighted by Crippen LogP contribution is 2.32. The maximum absolute atomic E-state index is 13.5. The molecule has 34 heavy (non-hydrogen) atoms. The predicted octanol–water partition coefficient (Wildman–Crippen LogP) is 6.65. The largest absolute Gasteiger partial charge is 0.435 e. The van der Waals surface area contributed by atoms with Gasteiger partial charge in [0, 0.05) is 36.3 Å². The van der Waals surface area contributed by atoms with E-state index in [0.29, 0.717) is 42.5 Å². The van der Waals surface area contributed by atoms with Gasteiger partial charge in [-0.3, -0.25) is 9.59 Å². The van der Waals surface area contributed by atoms with Gasteiger partial charge in [0.2, 0.25) is 11.8 Å². The number of amides is 2. The number of nitrogens with zero attached hydrogens (tertiary/aromatic N) is 2. The lowest BCUT2D eigenvalue weighted by Gasteiger charge is -2.20. The van der Waals surface area contributed by atoms with Crippen molar-refractivity contribution in [2.75, 3.05) is 18.4 Å². The fourth-order valence-corrected chi connectivity index (χ4v) is 3.76. The number of hydrogen-bond acceptors (Lipinski definition) is 4. The van der Waals surface area contributed by atoms with Crippen LogP contribution in [0.2, 0.25) is 0 Å². The Bertz CT molecular complexity index is 1090. The average molecular weight is 462 g/mol. The average Bonchev–Trinajstić information content (AvgIpc) is 3.24. The van der Waals surface area contributed by atoms with Crippen LogP contribution in [0.4, 0.5) is 5.69 Å². The Hall–Kier alpha value is -3.41. The van der Waals surface area contributed by atoms with E-state index in [1.165, 1.54) is 0 Å². The molecule has 0 atom stereocenters. The molecule has 3 aromatic rings. The molecule has 0 radical (unpaired) electrons. The van der Waals surface area contributed by atoms with Crippen molar-refractivity contribution in [3.8, 4) is 22.8 Å². The number of oxazole rings is 1. The molecule has 0 saturated carbocycles. The number of aromatic nitrogens is 1. The highest BCUT2D eigenvalue weighted by molar-refractivity contribution is 5.98. The van der Waals surface area contributed by atoms with E-state index >= 15 is 0 Å². The number of nitrogens with one attached hydrogen (secondary N) is 1. The zero-order chi connectivity index (χ0) is 24.7. The van der Waals surface area contributed by atoms with Gasteiger partial charge in [-0.2, -0.15) is 0 Å². The summed E-state index contributed by atoms with van der Waals surface area (Å²) in [5.41, 5.74) is 2.47. The molecule has 3 rings (SSSR count). The number of carbonyl (C=O) groups excluding carboxylic acids is 2. The molecule has 6 nitrogen and oxygen atoms in total. The third-order valence-electron chi connectivity index (χ3n) is 5.25. The Balaban J connectivity index is 1.95. The number of anilines is 1. The maximum atomic E-state index is 13.5. The van der Waals surface area contributed by atoms with Crippen LogP contribution in [0.25, 0.3) is 22.8 Å². The zero-order valence-corrected chi connectivity index (χ0v) is 20.9. The summed E-state index contributed by atoms with van der Waals surface area (Å²) in [5.74, 6) is 0.687. The molecule has 0 aliphatic carbocycles. The fraction of sp³-hybridized carbons (Fsp3) is 0.393. The summed E-state index contributed by atoms with van der Waals surface area (Å²) >= 11 is 0. The van der Waals surface area contributed by atoms with Crippen molar-refractivity contribution in [1.29, 1.82) is 0 Å². The first-order chi connectivity index (χ1) is 16.2. The zero-order valence-electron chi connectivity index (χ0n) is 20.9. The Morgan fingerprint density at radius 1 is 0.912 bits per heavy atom. The molecule has 6 heteroatoms. The van der Waals surface area contributed by atoms with Gasteiger partial charge in [0.05, 0.1) is 0 Å². The van der Waals surface area contributed by atoms with Gasteiger partial charge in [-0.25, -0.2) is 4.98 Å². The van der Waals surface area contributed by atoms with Crippen molar-refractivity contribution in [3.63, 3.8) is 0 Å². The maximum Gasteiger partial charge on any atom is 0.276 e. The van der Waals surface area contributed by atoms with Gasteiger partial charge in [-0.05, 0) is 54.7 Å². The van der Waals surface area contributed by atoms with E-state index in [4.69, 9.17) is 4.42 Å². The first-order valence-corrected chi connectivity index (χ1v) is 12.0. The van der Waals surface area contributed by atoms with Gasteiger partial charge >= 0.3 is 0 Å². The molecule has 0 aliphatic heterocycles. The van der Waals surface area contributed by atoms with E-state index < -0.39 is 0 Å². The van der Waals surface area contributed by atoms with Crippen molar-refractivity contribution in [3.05, 3.63) is 60.3 Å². The standard InChI is InChI=1S/C28H35N3O3/c1-6-17-31(18-7-2)27(33)24-25(34-26(30-24)21-11-9-8-10-12-21)20-13-15-22(16-14-20)29-23(32)19-28(3,4)5/h8-16H,6-7,17-19H2,1-5H3,(H,29,32). The Labute approximate surface area is 202 Å². The smallest absolute Gasteiger partial charge is 0.276 e. The second-order valence-electron chi connectivity index (χ2n) is 9.72. The quantitative estimate of drug-likeness (QED) is 0.387. The SMILES string of the molecule is CCCN(CCC)C(=O)c1nc(-c2ccccc2)oc1-c1ccc(NC(=O)CC(C)(C)C)cc1. The lowest BCUT2D eigenvalue weighted by Crippen LogP contribution is -2.33. The molecule has 0 aliphatic rings. The van der Waals surface area contributed by atoms with Crippen LogP contribution < -0.4 is 5.32 Å². The van der Waals surface area contributed by atoms with E-state index in [9.17, 15) is 9.59 Å². The molecule has 0 bridgehead atoms. The van der Waals surface area contributed by atoms with Crippen molar-refractivity contribution in [1.82, 2.24) is 9.88 Å². The van der Waals surface area contributed by atoms with Gasteiger partial charge in [0.1, 0.15) is 0 Å². The molecule has 1 aromatic heterocycles. The first-order valence-electron chi connectivity index (χ1n) is 12.0. The number of rotatable bonds is 9. The molecule has 180 valence electrons. The summed E-state index contributed by atoms with van der Waals surface area (Å²) < 4.78 is 6.16. The van der Waals surface area contributed by atoms with E-state index in [0.717, 1.165) is 24.0 Å².